The number of carbonyl (C=O) groups excluding carboxylic acids is 2. The first-order chi connectivity index (χ1) is 12.0. The number of carboxylic acid groups (broad SMARTS) is 1. The molecule has 1 heterocycles. The number of hydrogen-bond acceptors (Lipinski definition) is 3. The summed E-state index contributed by atoms with van der Waals surface area (Å²) in [6.07, 6.45) is 4.61. The van der Waals surface area contributed by atoms with Crippen molar-refractivity contribution in [2.24, 2.45) is 5.92 Å². The monoisotopic (exact) mass is 344 g/mol. The lowest BCUT2D eigenvalue weighted by atomic mass is 9.89. The molecule has 2 amide bonds. The van der Waals surface area contributed by atoms with Crippen molar-refractivity contribution >= 4 is 23.5 Å². The second-order valence-electron chi connectivity index (χ2n) is 7.19. The van der Waals surface area contributed by atoms with Gasteiger partial charge in [-0.3, -0.25) is 14.4 Å². The van der Waals surface area contributed by atoms with Crippen molar-refractivity contribution < 1.29 is 19.5 Å². The minimum Gasteiger partial charge on any atom is -0.481 e. The Morgan fingerprint density at radius 2 is 1.96 bits per heavy atom. The van der Waals surface area contributed by atoms with Gasteiger partial charge in [0.15, 0.2) is 0 Å². The largest absolute Gasteiger partial charge is 0.481 e. The summed E-state index contributed by atoms with van der Waals surface area (Å²) in [4.78, 5) is 35.6. The summed E-state index contributed by atoms with van der Waals surface area (Å²) < 4.78 is 0. The highest BCUT2D eigenvalue weighted by Crippen LogP contribution is 2.33. The van der Waals surface area contributed by atoms with Gasteiger partial charge in [0.05, 0.1) is 12.0 Å². The zero-order valence-electron chi connectivity index (χ0n) is 14.2. The summed E-state index contributed by atoms with van der Waals surface area (Å²) in [7, 11) is 0. The van der Waals surface area contributed by atoms with Crippen LogP contribution >= 0.6 is 0 Å². The van der Waals surface area contributed by atoms with E-state index in [-0.39, 0.29) is 30.6 Å². The molecule has 0 saturated heterocycles. The predicted molar refractivity (Wildman–Crippen MR) is 93.1 cm³/mol. The van der Waals surface area contributed by atoms with Crippen LogP contribution < -0.4 is 10.6 Å². The number of para-hydroxylation sites is 1. The molecular formula is C19H24N2O4. The molecule has 1 aromatic rings. The molecule has 1 aromatic carbocycles. The molecule has 1 unspecified atom stereocenters. The van der Waals surface area contributed by atoms with Gasteiger partial charge in [0.2, 0.25) is 11.8 Å². The average molecular weight is 344 g/mol. The molecule has 134 valence electrons. The number of carbonyl (C=O) groups is 3. The van der Waals surface area contributed by atoms with Gasteiger partial charge in [-0.05, 0) is 37.3 Å². The van der Waals surface area contributed by atoms with Crippen molar-refractivity contribution in [3.05, 3.63) is 29.8 Å². The highest BCUT2D eigenvalue weighted by molar-refractivity contribution is 5.96. The van der Waals surface area contributed by atoms with Crippen LogP contribution in [0.1, 0.15) is 50.5 Å². The van der Waals surface area contributed by atoms with E-state index in [1.165, 1.54) is 0 Å². The minimum atomic E-state index is -0.884. The molecule has 3 N–H and O–H groups in total. The van der Waals surface area contributed by atoms with Gasteiger partial charge < -0.3 is 15.7 Å². The van der Waals surface area contributed by atoms with Crippen molar-refractivity contribution in [1.29, 1.82) is 0 Å². The Hall–Kier alpha value is -2.37. The molecule has 0 radical (unpaired) electrons. The fourth-order valence-electron chi connectivity index (χ4n) is 4.00. The van der Waals surface area contributed by atoms with Crippen molar-refractivity contribution in [1.82, 2.24) is 5.32 Å². The van der Waals surface area contributed by atoms with Crippen LogP contribution in [0.5, 0.6) is 0 Å². The Kier molecular flexibility index (Phi) is 5.06. The van der Waals surface area contributed by atoms with Crippen LogP contribution in [0.3, 0.4) is 0 Å². The van der Waals surface area contributed by atoms with E-state index >= 15 is 0 Å². The van der Waals surface area contributed by atoms with Gasteiger partial charge in [-0.25, -0.2) is 0 Å². The van der Waals surface area contributed by atoms with E-state index in [4.69, 9.17) is 5.11 Å². The molecule has 6 nitrogen and oxygen atoms in total. The van der Waals surface area contributed by atoms with Crippen LogP contribution in [0.2, 0.25) is 0 Å². The van der Waals surface area contributed by atoms with E-state index in [0.29, 0.717) is 25.7 Å². The van der Waals surface area contributed by atoms with Crippen molar-refractivity contribution in [2.75, 3.05) is 5.32 Å². The summed E-state index contributed by atoms with van der Waals surface area (Å²) >= 11 is 0. The zero-order valence-corrected chi connectivity index (χ0v) is 14.2. The lowest BCUT2D eigenvalue weighted by molar-refractivity contribution is -0.139. The number of amides is 2. The van der Waals surface area contributed by atoms with Gasteiger partial charge >= 0.3 is 5.97 Å². The first-order valence-corrected chi connectivity index (χ1v) is 8.89. The molecule has 1 saturated carbocycles. The number of rotatable bonds is 6. The average Bonchev–Trinajstić information content (AvgIpc) is 3.00. The van der Waals surface area contributed by atoms with E-state index in [1.807, 2.05) is 24.3 Å². The quantitative estimate of drug-likeness (QED) is 0.739. The zero-order chi connectivity index (χ0) is 17.9. The molecule has 3 rings (SSSR count). The Morgan fingerprint density at radius 3 is 2.68 bits per heavy atom. The smallest absolute Gasteiger partial charge is 0.305 e. The summed E-state index contributed by atoms with van der Waals surface area (Å²) in [5.74, 6) is -1.31. The Morgan fingerprint density at radius 1 is 1.24 bits per heavy atom. The SMILES string of the molecule is O=C(O)CC1(NC(=O)CCC2Cc3ccccc3NC2=O)CCCC1. The highest BCUT2D eigenvalue weighted by atomic mass is 16.4. The number of fused-ring (bicyclic) bond motifs is 1. The summed E-state index contributed by atoms with van der Waals surface area (Å²) in [5, 5.41) is 14.9. The molecule has 1 aliphatic carbocycles. The van der Waals surface area contributed by atoms with Crippen molar-refractivity contribution in [3.8, 4) is 0 Å². The van der Waals surface area contributed by atoms with Crippen LogP contribution in [-0.2, 0) is 20.8 Å². The third-order valence-corrected chi connectivity index (χ3v) is 5.29. The van der Waals surface area contributed by atoms with Crippen LogP contribution in [0.25, 0.3) is 0 Å². The molecule has 2 aliphatic rings. The molecule has 1 fully saturated rings. The first kappa shape index (κ1) is 17.5. The first-order valence-electron chi connectivity index (χ1n) is 8.89. The molecule has 1 aliphatic heterocycles. The van der Waals surface area contributed by atoms with Crippen LogP contribution in [0, 0.1) is 5.92 Å². The number of nitrogens with one attached hydrogen (secondary N) is 2. The maximum atomic E-state index is 12.3. The lowest BCUT2D eigenvalue weighted by Crippen LogP contribution is -2.48. The fraction of sp³-hybridized carbons (Fsp3) is 0.526. The van der Waals surface area contributed by atoms with Crippen LogP contribution in [0.4, 0.5) is 5.69 Å². The minimum absolute atomic E-state index is 0.0317. The summed E-state index contributed by atoms with van der Waals surface area (Å²) in [6, 6.07) is 7.69. The number of anilines is 1. The molecule has 6 heteroatoms. The van der Waals surface area contributed by atoms with E-state index in [9.17, 15) is 14.4 Å². The lowest BCUT2D eigenvalue weighted by Gasteiger charge is -2.29. The van der Waals surface area contributed by atoms with Gasteiger partial charge in [-0.2, -0.15) is 0 Å². The molecule has 0 aromatic heterocycles. The predicted octanol–water partition coefficient (Wildman–Crippen LogP) is 2.48. The Labute approximate surface area is 147 Å². The number of aliphatic carboxylic acids is 1. The van der Waals surface area contributed by atoms with Crippen molar-refractivity contribution in [3.63, 3.8) is 0 Å². The topological polar surface area (TPSA) is 95.5 Å². The normalized spacial score (nSPS) is 21.3. The summed E-state index contributed by atoms with van der Waals surface area (Å²) in [6.45, 7) is 0. The van der Waals surface area contributed by atoms with E-state index < -0.39 is 11.5 Å². The second-order valence-corrected chi connectivity index (χ2v) is 7.19. The Bertz CT molecular complexity index is 680. The fourth-order valence-corrected chi connectivity index (χ4v) is 4.00. The van der Waals surface area contributed by atoms with Crippen LogP contribution in [-0.4, -0.2) is 28.4 Å². The van der Waals surface area contributed by atoms with Crippen LogP contribution in [0.15, 0.2) is 24.3 Å². The van der Waals surface area contributed by atoms with E-state index in [0.717, 1.165) is 24.1 Å². The molecule has 0 bridgehead atoms. The standard InChI is InChI=1S/C19H24N2O4/c22-16(21-19(12-17(23)24)9-3-4-10-19)8-7-14-11-13-5-1-2-6-15(13)20-18(14)25/h1-2,5-6,14H,3-4,7-12H2,(H,20,25)(H,21,22)(H,23,24). The second kappa shape index (κ2) is 7.25. The molecule has 0 spiro atoms. The van der Waals surface area contributed by atoms with Gasteiger partial charge in [0, 0.05) is 18.0 Å². The molecular weight excluding hydrogens is 320 g/mol. The number of carboxylic acids is 1. The highest BCUT2D eigenvalue weighted by Gasteiger charge is 2.37. The third kappa shape index (κ3) is 4.18. The number of hydrogen-bond donors (Lipinski definition) is 3. The molecule has 1 atom stereocenters. The third-order valence-electron chi connectivity index (χ3n) is 5.29. The van der Waals surface area contributed by atoms with Gasteiger partial charge in [-0.1, -0.05) is 31.0 Å². The Balaban J connectivity index is 1.55. The van der Waals surface area contributed by atoms with Crippen molar-refractivity contribution in [2.45, 2.75) is 56.9 Å². The summed E-state index contributed by atoms with van der Waals surface area (Å²) in [5.41, 5.74) is 1.33. The van der Waals surface area contributed by atoms with Gasteiger partial charge in [0.1, 0.15) is 0 Å². The maximum absolute atomic E-state index is 12.3. The molecule has 25 heavy (non-hydrogen) atoms. The van der Waals surface area contributed by atoms with E-state index in [1.54, 1.807) is 0 Å². The maximum Gasteiger partial charge on any atom is 0.305 e. The number of benzene rings is 1. The van der Waals surface area contributed by atoms with Gasteiger partial charge in [0.25, 0.3) is 0 Å². The van der Waals surface area contributed by atoms with Gasteiger partial charge in [-0.15, -0.1) is 0 Å². The van der Waals surface area contributed by atoms with E-state index in [2.05, 4.69) is 10.6 Å².